The van der Waals surface area contributed by atoms with E-state index in [1.165, 1.54) is 0 Å². The molecule has 0 aromatic heterocycles. The smallest absolute Gasteiger partial charge is 0.0104 e. The molecular weight excluding hydrogens is 52.0 g/mol. The lowest BCUT2D eigenvalue weighted by molar-refractivity contribution is 1.26. The quantitative estimate of drug-likeness (QED) is 0.427. The molecule has 0 fully saturated rings. The molecule has 2 N–H and O–H groups in total. The minimum Gasteiger partial charge on any atom is -0.327 e. The number of nitrogens with two attached hydrogens (primary N) is 1. The van der Waals surface area contributed by atoms with Crippen molar-refractivity contribution in [2.45, 2.75) is 0 Å². The fourth-order valence-corrected chi connectivity index (χ4v) is 0. The van der Waals surface area contributed by atoms with E-state index in [2.05, 4.69) is 6.58 Å². The molecule has 0 atom stereocenters. The molecule has 0 spiro atoms. The first kappa shape index (κ1) is 3.70. The van der Waals surface area contributed by atoms with Crippen LogP contribution in [-0.2, 0) is 0 Å². The van der Waals surface area contributed by atoms with E-state index >= 15 is 0 Å². The van der Waals surface area contributed by atoms with Gasteiger partial charge in [0, 0.05) is 6.54 Å². The number of hydrogen-bond donors (Lipinski definition) is 1. The summed E-state index contributed by atoms with van der Waals surface area (Å²) < 4.78 is 0. The number of hydrogen-bond acceptors (Lipinski definition) is 1. The molecule has 0 aromatic rings. The Morgan fingerprint density at radius 2 is 2.25 bits per heavy atom. The van der Waals surface area contributed by atoms with Crippen LogP contribution in [0, 0.1) is 0 Å². The van der Waals surface area contributed by atoms with Gasteiger partial charge in [-0.2, -0.15) is 0 Å². The Balaban J connectivity index is 2.30. The third-order valence-electron chi connectivity index (χ3n) is 0.167. The zero-order valence-corrected chi connectivity index (χ0v) is 2.57. The van der Waals surface area contributed by atoms with Crippen LogP contribution in [0.3, 0.4) is 0 Å². The highest BCUT2D eigenvalue weighted by Crippen LogP contribution is 1.40. The Morgan fingerprint density at radius 3 is 2.25 bits per heavy atom. The summed E-state index contributed by atoms with van der Waals surface area (Å²) >= 11 is 0. The molecule has 0 heterocycles. The lowest BCUT2D eigenvalue weighted by Gasteiger charge is -1.61. The molecule has 24 valence electrons. The Labute approximate surface area is 26.1 Å². The predicted molar refractivity (Wildman–Crippen MR) is 19.3 cm³/mol. The van der Waals surface area contributed by atoms with Gasteiger partial charge in [0.1, 0.15) is 0 Å². The summed E-state index contributed by atoms with van der Waals surface area (Å²) in [6, 6.07) is 0. The van der Waals surface area contributed by atoms with Gasteiger partial charge in [-0.3, -0.25) is 0 Å². The van der Waals surface area contributed by atoms with Gasteiger partial charge < -0.3 is 5.73 Å². The fourth-order valence-electron chi connectivity index (χ4n) is 0. The third-order valence-corrected chi connectivity index (χ3v) is 0.167. The van der Waals surface area contributed by atoms with E-state index in [1.807, 2.05) is 0 Å². The van der Waals surface area contributed by atoms with Crippen LogP contribution in [0.2, 0.25) is 0 Å². The molecule has 0 amide bonds. The molecular formula is C3H7N. The van der Waals surface area contributed by atoms with Crippen LogP contribution in [0.5, 0.6) is 0 Å². The van der Waals surface area contributed by atoms with Crippen LogP contribution in [0.15, 0.2) is 12.7 Å². The molecule has 0 aliphatic heterocycles. The summed E-state index contributed by atoms with van der Waals surface area (Å²) in [6.45, 7) is 3.94. The second-order valence-electron chi connectivity index (χ2n) is 0.524. The average molecular weight is 59.1 g/mol. The highest BCUT2D eigenvalue weighted by Gasteiger charge is 1.43. The zero-order valence-electron chi connectivity index (χ0n) is 2.57. The topological polar surface area (TPSA) is 26.0 Å². The van der Waals surface area contributed by atoms with Gasteiger partial charge in [0.25, 0.3) is 0 Å². The second-order valence-corrected chi connectivity index (χ2v) is 0.524. The van der Waals surface area contributed by atoms with Crippen LogP contribution >= 0.6 is 0 Å². The van der Waals surface area contributed by atoms with Crippen LogP contribution < -0.4 is 5.73 Å². The molecule has 0 aliphatic carbocycles. The van der Waals surface area contributed by atoms with Crippen molar-refractivity contribution in [1.82, 2.24) is 0 Å². The maximum Gasteiger partial charge on any atom is 0.0104 e. The van der Waals surface area contributed by atoms with Gasteiger partial charge in [0.15, 0.2) is 0 Å². The molecule has 1 heteroatoms. The van der Waals surface area contributed by atoms with Gasteiger partial charge in [-0.05, 0) is 0 Å². The van der Waals surface area contributed by atoms with Crippen molar-refractivity contribution < 1.29 is 0 Å². The molecule has 0 aliphatic rings. The van der Waals surface area contributed by atoms with Crippen molar-refractivity contribution in [3.63, 3.8) is 0 Å². The first-order chi connectivity index (χ1) is 1.91. The molecule has 0 bridgehead atoms. The summed E-state index contributed by atoms with van der Waals surface area (Å²) in [5.41, 5.74) is 4.91. The molecule has 0 saturated carbocycles. The number of rotatable bonds is 1. The van der Waals surface area contributed by atoms with Gasteiger partial charge in [-0.1, -0.05) is 6.08 Å². The van der Waals surface area contributed by atoms with Gasteiger partial charge in [0.05, 0.1) is 0 Å². The minimum atomic E-state index is 0.583. The first-order valence-electron chi connectivity index (χ1n) is 1.22. The van der Waals surface area contributed by atoms with Crippen molar-refractivity contribution >= 4 is 0 Å². The van der Waals surface area contributed by atoms with E-state index in [0.717, 1.165) is 0 Å². The van der Waals surface area contributed by atoms with Crippen molar-refractivity contribution in [3.8, 4) is 0 Å². The predicted octanol–water partition coefficient (Wildman–Crippen LogP) is 0.131. The van der Waals surface area contributed by atoms with Gasteiger partial charge >= 0.3 is 0 Å². The molecule has 4 heavy (non-hydrogen) atoms. The van der Waals surface area contributed by atoms with E-state index in [1.54, 1.807) is 6.08 Å². The summed E-state index contributed by atoms with van der Waals surface area (Å²) in [5.74, 6) is 0. The lowest BCUT2D eigenvalue weighted by atomic mass is 11.1. The average Bonchev–Trinajstić information content (AvgIpc) is 1.37. The van der Waals surface area contributed by atoms with Crippen LogP contribution in [0.1, 0.15) is 0 Å². The third kappa shape index (κ3) is 1.70. The summed E-state index contributed by atoms with van der Waals surface area (Å²) in [5, 5.41) is 0. The SMILES string of the molecule is C=C[14CH2]N. The molecule has 0 rings (SSSR count). The van der Waals surface area contributed by atoms with Crippen LogP contribution in [-0.4, -0.2) is 6.54 Å². The molecule has 0 aromatic carbocycles. The van der Waals surface area contributed by atoms with Gasteiger partial charge in [-0.25, -0.2) is 0 Å². The Morgan fingerprint density at radius 1 is 2.00 bits per heavy atom. The van der Waals surface area contributed by atoms with Gasteiger partial charge in [-0.15, -0.1) is 6.58 Å². The summed E-state index contributed by atoms with van der Waals surface area (Å²) in [7, 11) is 0. The maximum absolute atomic E-state index is 4.91. The van der Waals surface area contributed by atoms with Crippen molar-refractivity contribution in [1.29, 1.82) is 0 Å². The Bertz CT molecular complexity index is 17.2. The standard InChI is InChI=1S/C3H7N/c1-2-3-4/h2H,1,3-4H2/i3+2. The highest BCUT2D eigenvalue weighted by atomic mass is 15.2. The molecule has 0 unspecified atom stereocenters. The minimum absolute atomic E-state index is 0.583. The highest BCUT2D eigenvalue weighted by molar-refractivity contribution is 4.64. The fraction of sp³-hybridized carbons (Fsp3) is 0.333. The van der Waals surface area contributed by atoms with Crippen molar-refractivity contribution in [2.75, 3.05) is 6.54 Å². The Hall–Kier alpha value is -0.300. The molecule has 0 radical (unpaired) electrons. The maximum atomic E-state index is 4.91. The van der Waals surface area contributed by atoms with E-state index in [4.69, 9.17) is 5.73 Å². The Kier molecular flexibility index (Phi) is 2.50. The van der Waals surface area contributed by atoms with Crippen molar-refractivity contribution in [3.05, 3.63) is 12.7 Å². The normalized spacial score (nSPS) is 6.25. The first-order valence-corrected chi connectivity index (χ1v) is 1.22. The van der Waals surface area contributed by atoms with E-state index in [-0.39, 0.29) is 0 Å². The van der Waals surface area contributed by atoms with Gasteiger partial charge in [0.2, 0.25) is 0 Å². The summed E-state index contributed by atoms with van der Waals surface area (Å²) in [4.78, 5) is 0. The summed E-state index contributed by atoms with van der Waals surface area (Å²) in [6.07, 6.45) is 1.65. The molecule has 1 nitrogen and oxygen atoms in total. The van der Waals surface area contributed by atoms with Crippen LogP contribution in [0.4, 0.5) is 0 Å². The van der Waals surface area contributed by atoms with E-state index < -0.39 is 0 Å². The zero-order chi connectivity index (χ0) is 3.41. The van der Waals surface area contributed by atoms with E-state index in [0.29, 0.717) is 6.54 Å². The second kappa shape index (κ2) is 2.70. The van der Waals surface area contributed by atoms with Crippen molar-refractivity contribution in [2.24, 2.45) is 5.73 Å². The van der Waals surface area contributed by atoms with Crippen LogP contribution in [0.25, 0.3) is 0 Å². The van der Waals surface area contributed by atoms with E-state index in [9.17, 15) is 0 Å². The lowest BCUT2D eigenvalue weighted by Crippen LogP contribution is -1.90. The monoisotopic (exact) mass is 59.1 g/mol. The largest absolute Gasteiger partial charge is 0.327 e. The molecule has 0 saturated heterocycles.